The molecule has 4 atom stereocenters. The van der Waals surface area contributed by atoms with Gasteiger partial charge in [0.15, 0.2) is 0 Å². The lowest BCUT2D eigenvalue weighted by atomic mass is 9.83. The molecule has 4 heteroatoms. The Kier molecular flexibility index (Phi) is 2.84. The average Bonchev–Trinajstić information content (AvgIpc) is 1.96. The van der Waals surface area contributed by atoms with Crippen molar-refractivity contribution in [2.45, 2.75) is 31.2 Å². The molecule has 4 nitrogen and oxygen atoms in total. The van der Waals surface area contributed by atoms with Crippen LogP contribution >= 0.6 is 0 Å². The molecule has 0 aromatic carbocycles. The van der Waals surface area contributed by atoms with Crippen LogP contribution in [0, 0.1) is 5.92 Å². The predicted octanol–water partition coefficient (Wildman–Crippen LogP) is -1.53. The zero-order chi connectivity index (χ0) is 8.43. The van der Waals surface area contributed by atoms with Crippen molar-refractivity contribution in [1.82, 2.24) is 0 Å². The van der Waals surface area contributed by atoms with Crippen LogP contribution in [-0.4, -0.2) is 45.3 Å². The van der Waals surface area contributed by atoms with E-state index < -0.39 is 18.3 Å². The van der Waals surface area contributed by atoms with Crippen molar-refractivity contribution in [2.24, 2.45) is 5.92 Å². The van der Waals surface area contributed by atoms with Gasteiger partial charge in [-0.25, -0.2) is 0 Å². The molecule has 1 aliphatic rings. The Morgan fingerprint density at radius 1 is 1.09 bits per heavy atom. The summed E-state index contributed by atoms with van der Waals surface area (Å²) in [6.45, 7) is -0.185. The molecular formula is C7H14O4. The van der Waals surface area contributed by atoms with Gasteiger partial charge in [-0.2, -0.15) is 0 Å². The Balaban J connectivity index is 2.51. The van der Waals surface area contributed by atoms with Crippen LogP contribution < -0.4 is 0 Å². The molecule has 0 aromatic heterocycles. The van der Waals surface area contributed by atoms with Crippen molar-refractivity contribution < 1.29 is 20.4 Å². The highest BCUT2D eigenvalue weighted by molar-refractivity contribution is 4.85. The van der Waals surface area contributed by atoms with Crippen LogP contribution in [0.4, 0.5) is 0 Å². The molecule has 1 fully saturated rings. The van der Waals surface area contributed by atoms with Gasteiger partial charge in [0.05, 0.1) is 18.3 Å². The molecule has 11 heavy (non-hydrogen) atoms. The van der Waals surface area contributed by atoms with Crippen molar-refractivity contribution >= 4 is 0 Å². The van der Waals surface area contributed by atoms with Crippen molar-refractivity contribution in [2.75, 3.05) is 6.61 Å². The molecule has 1 saturated carbocycles. The highest BCUT2D eigenvalue weighted by Gasteiger charge is 2.34. The summed E-state index contributed by atoms with van der Waals surface area (Å²) in [5.41, 5.74) is 0. The van der Waals surface area contributed by atoms with E-state index in [0.717, 1.165) is 0 Å². The lowest BCUT2D eigenvalue weighted by Crippen LogP contribution is -2.44. The molecular weight excluding hydrogens is 148 g/mol. The Morgan fingerprint density at radius 2 is 1.73 bits per heavy atom. The summed E-state index contributed by atoms with van der Waals surface area (Å²) in [5, 5.41) is 36.2. The molecule has 0 radical (unpaired) electrons. The Bertz CT molecular complexity index is 128. The lowest BCUT2D eigenvalue weighted by molar-refractivity contribution is -0.0944. The molecule has 4 N–H and O–H groups in total. The van der Waals surface area contributed by atoms with Crippen LogP contribution in [0.3, 0.4) is 0 Å². The van der Waals surface area contributed by atoms with E-state index in [-0.39, 0.29) is 18.9 Å². The number of hydrogen-bond acceptors (Lipinski definition) is 4. The third-order valence-corrected chi connectivity index (χ3v) is 2.20. The van der Waals surface area contributed by atoms with E-state index in [0.29, 0.717) is 6.42 Å². The van der Waals surface area contributed by atoms with Gasteiger partial charge in [0.1, 0.15) is 0 Å². The van der Waals surface area contributed by atoms with E-state index in [1.807, 2.05) is 0 Å². The first-order valence-corrected chi connectivity index (χ1v) is 3.80. The second kappa shape index (κ2) is 3.49. The fourth-order valence-corrected chi connectivity index (χ4v) is 1.50. The van der Waals surface area contributed by atoms with E-state index in [2.05, 4.69) is 0 Å². The zero-order valence-corrected chi connectivity index (χ0v) is 6.22. The van der Waals surface area contributed by atoms with Crippen molar-refractivity contribution in [3.8, 4) is 0 Å². The Labute approximate surface area is 65.1 Å². The second-order valence-electron chi connectivity index (χ2n) is 3.13. The fourth-order valence-electron chi connectivity index (χ4n) is 1.50. The number of aliphatic hydroxyl groups excluding tert-OH is 4. The van der Waals surface area contributed by atoms with Crippen LogP contribution in [0.2, 0.25) is 0 Å². The first-order valence-electron chi connectivity index (χ1n) is 3.80. The Morgan fingerprint density at radius 3 is 2.27 bits per heavy atom. The number of aliphatic hydroxyl groups is 4. The normalized spacial score (nSPS) is 45.8. The smallest absolute Gasteiger partial charge is 0.0851 e. The van der Waals surface area contributed by atoms with E-state index in [1.54, 1.807) is 0 Å². The van der Waals surface area contributed by atoms with Gasteiger partial charge < -0.3 is 20.4 Å². The van der Waals surface area contributed by atoms with Gasteiger partial charge in [0, 0.05) is 18.9 Å². The molecule has 0 spiro atoms. The molecule has 1 aliphatic carbocycles. The molecule has 0 aromatic rings. The summed E-state index contributed by atoms with van der Waals surface area (Å²) in [7, 11) is 0. The van der Waals surface area contributed by atoms with Gasteiger partial charge in [-0.1, -0.05) is 0 Å². The summed E-state index contributed by atoms with van der Waals surface area (Å²) in [4.78, 5) is 0. The van der Waals surface area contributed by atoms with Gasteiger partial charge in [0.25, 0.3) is 0 Å². The van der Waals surface area contributed by atoms with Crippen LogP contribution in [0.5, 0.6) is 0 Å². The van der Waals surface area contributed by atoms with E-state index in [4.69, 9.17) is 15.3 Å². The summed E-state index contributed by atoms with van der Waals surface area (Å²) in [6, 6.07) is 0. The molecule has 0 bridgehead atoms. The maximum absolute atomic E-state index is 9.23. The van der Waals surface area contributed by atoms with E-state index in [9.17, 15) is 5.11 Å². The largest absolute Gasteiger partial charge is 0.396 e. The standard InChI is InChI=1S/C7H14O4/c8-3-4-1-5(9)2-6(10)7(4)11/h4-11H,1-3H2/t4?,5?,6-,7?/m0/s1. The van der Waals surface area contributed by atoms with Gasteiger partial charge in [-0.05, 0) is 6.42 Å². The topological polar surface area (TPSA) is 80.9 Å². The van der Waals surface area contributed by atoms with Crippen molar-refractivity contribution in [3.63, 3.8) is 0 Å². The quantitative estimate of drug-likeness (QED) is 0.377. The summed E-state index contributed by atoms with van der Waals surface area (Å²) >= 11 is 0. The minimum atomic E-state index is -0.893. The van der Waals surface area contributed by atoms with Gasteiger partial charge in [0.2, 0.25) is 0 Å². The molecule has 0 saturated heterocycles. The number of rotatable bonds is 1. The Hall–Kier alpha value is -0.160. The second-order valence-corrected chi connectivity index (χ2v) is 3.13. The molecule has 0 heterocycles. The van der Waals surface area contributed by atoms with Crippen LogP contribution in [0.1, 0.15) is 12.8 Å². The minimum Gasteiger partial charge on any atom is -0.396 e. The monoisotopic (exact) mass is 162 g/mol. The summed E-state index contributed by atoms with van der Waals surface area (Å²) in [6.07, 6.45) is -1.79. The van der Waals surface area contributed by atoms with E-state index in [1.165, 1.54) is 0 Å². The third-order valence-electron chi connectivity index (χ3n) is 2.20. The molecule has 3 unspecified atom stereocenters. The fraction of sp³-hybridized carbons (Fsp3) is 1.00. The summed E-state index contributed by atoms with van der Waals surface area (Å²) < 4.78 is 0. The maximum atomic E-state index is 9.23. The van der Waals surface area contributed by atoms with Crippen LogP contribution in [0.15, 0.2) is 0 Å². The highest BCUT2D eigenvalue weighted by Crippen LogP contribution is 2.24. The molecule has 0 aliphatic heterocycles. The average molecular weight is 162 g/mol. The highest BCUT2D eigenvalue weighted by atomic mass is 16.3. The molecule has 0 amide bonds. The molecule has 66 valence electrons. The van der Waals surface area contributed by atoms with Gasteiger partial charge >= 0.3 is 0 Å². The third kappa shape index (κ3) is 1.90. The molecule has 1 rings (SSSR count). The number of hydrogen-bond donors (Lipinski definition) is 4. The lowest BCUT2D eigenvalue weighted by Gasteiger charge is -2.33. The van der Waals surface area contributed by atoms with E-state index >= 15 is 0 Å². The summed E-state index contributed by atoms with van der Waals surface area (Å²) in [5.74, 6) is -0.381. The van der Waals surface area contributed by atoms with Crippen LogP contribution in [-0.2, 0) is 0 Å². The predicted molar refractivity (Wildman–Crippen MR) is 37.8 cm³/mol. The minimum absolute atomic E-state index is 0.185. The van der Waals surface area contributed by atoms with Crippen molar-refractivity contribution in [1.29, 1.82) is 0 Å². The van der Waals surface area contributed by atoms with Gasteiger partial charge in [-0.15, -0.1) is 0 Å². The first kappa shape index (κ1) is 8.93. The van der Waals surface area contributed by atoms with Crippen molar-refractivity contribution in [3.05, 3.63) is 0 Å². The van der Waals surface area contributed by atoms with Gasteiger partial charge in [-0.3, -0.25) is 0 Å². The SMILES string of the molecule is OCC1CC(O)C[C@H](O)C1O. The maximum Gasteiger partial charge on any atom is 0.0851 e. The van der Waals surface area contributed by atoms with Crippen LogP contribution in [0.25, 0.3) is 0 Å². The first-order chi connectivity index (χ1) is 5.15. The zero-order valence-electron chi connectivity index (χ0n) is 6.22.